The van der Waals surface area contributed by atoms with Crippen LogP contribution in [-0.2, 0) is 0 Å². The first-order chi connectivity index (χ1) is 11.0. The molecule has 0 aliphatic heterocycles. The number of carbonyl (C=O) groups excluding carboxylic acids is 1. The average Bonchev–Trinajstić information content (AvgIpc) is 2.55. The number of aromatic carboxylic acids is 1. The maximum atomic E-state index is 12.4. The van der Waals surface area contributed by atoms with Crippen LogP contribution < -0.4 is 9.50 Å². The van der Waals surface area contributed by atoms with Crippen LogP contribution in [0.1, 0.15) is 39.2 Å². The summed E-state index contributed by atoms with van der Waals surface area (Å²) in [6.45, 7) is 1.87. The Balaban J connectivity index is 2.22. The number of carbonyl (C=O) groups is 2. The highest BCUT2D eigenvalue weighted by Crippen LogP contribution is 2.21. The monoisotopic (exact) mass is 331 g/mol. The molecule has 0 aliphatic rings. The highest BCUT2D eigenvalue weighted by molar-refractivity contribution is 7.94. The summed E-state index contributed by atoms with van der Waals surface area (Å²) in [5.74, 6) is -1.13. The molecule has 0 fully saturated rings. The Bertz CT molecular complexity index is 703. The Morgan fingerprint density at radius 2 is 1.78 bits per heavy atom. The maximum absolute atomic E-state index is 12.4. The third-order valence-corrected chi connectivity index (χ3v) is 3.60. The summed E-state index contributed by atoms with van der Waals surface area (Å²) in [4.78, 5) is 23.6. The standard InChI is InChI=1S/C17H17NO4S/c1-11(12-6-4-3-5-7-12)18-16(19)13-8-14(17(20)21)10-15(9-13)22-23-2/h3-11H,1-2H3,(H,18,19)(H,20,21)/t11-/m1/s1. The number of carboxylic acids is 1. The van der Waals surface area contributed by atoms with Crippen molar-refractivity contribution in [2.24, 2.45) is 0 Å². The van der Waals surface area contributed by atoms with Crippen molar-refractivity contribution in [1.29, 1.82) is 0 Å². The van der Waals surface area contributed by atoms with Gasteiger partial charge >= 0.3 is 5.97 Å². The molecule has 0 saturated heterocycles. The quantitative estimate of drug-likeness (QED) is 0.792. The van der Waals surface area contributed by atoms with Crippen molar-refractivity contribution in [3.63, 3.8) is 0 Å². The van der Waals surface area contributed by atoms with Crippen LogP contribution in [0.5, 0.6) is 5.75 Å². The van der Waals surface area contributed by atoms with E-state index in [1.807, 2.05) is 37.3 Å². The van der Waals surface area contributed by atoms with E-state index in [4.69, 9.17) is 9.29 Å². The van der Waals surface area contributed by atoms with Gasteiger partial charge in [0.1, 0.15) is 5.75 Å². The Morgan fingerprint density at radius 3 is 2.39 bits per heavy atom. The van der Waals surface area contributed by atoms with Crippen LogP contribution in [0.2, 0.25) is 0 Å². The molecule has 1 amide bonds. The summed E-state index contributed by atoms with van der Waals surface area (Å²) in [6.07, 6.45) is 1.71. The molecule has 23 heavy (non-hydrogen) atoms. The number of hydrogen-bond donors (Lipinski definition) is 2. The summed E-state index contributed by atoms with van der Waals surface area (Å²) in [7, 11) is 0. The summed E-state index contributed by atoms with van der Waals surface area (Å²) in [5.41, 5.74) is 1.22. The molecule has 120 valence electrons. The zero-order chi connectivity index (χ0) is 16.8. The first-order valence-electron chi connectivity index (χ1n) is 6.96. The minimum atomic E-state index is -1.11. The van der Waals surface area contributed by atoms with Gasteiger partial charge in [-0.3, -0.25) is 4.79 Å². The number of carboxylic acid groups (broad SMARTS) is 1. The van der Waals surface area contributed by atoms with Gasteiger partial charge in [0.25, 0.3) is 5.91 Å². The van der Waals surface area contributed by atoms with Gasteiger partial charge in [-0.1, -0.05) is 30.3 Å². The maximum Gasteiger partial charge on any atom is 0.335 e. The molecule has 2 rings (SSSR count). The van der Waals surface area contributed by atoms with E-state index >= 15 is 0 Å². The second-order valence-electron chi connectivity index (χ2n) is 4.91. The molecule has 5 nitrogen and oxygen atoms in total. The van der Waals surface area contributed by atoms with Gasteiger partial charge in [-0.05, 0) is 30.7 Å². The lowest BCUT2D eigenvalue weighted by molar-refractivity contribution is 0.0696. The molecule has 6 heteroatoms. The van der Waals surface area contributed by atoms with Crippen molar-refractivity contribution in [2.45, 2.75) is 13.0 Å². The number of amides is 1. The molecule has 2 aromatic rings. The predicted octanol–water partition coefficient (Wildman–Crippen LogP) is 3.53. The molecule has 0 radical (unpaired) electrons. The lowest BCUT2D eigenvalue weighted by Crippen LogP contribution is -2.26. The zero-order valence-corrected chi connectivity index (χ0v) is 13.6. The van der Waals surface area contributed by atoms with E-state index in [2.05, 4.69) is 5.32 Å². The van der Waals surface area contributed by atoms with E-state index in [1.54, 1.807) is 6.26 Å². The van der Waals surface area contributed by atoms with Gasteiger partial charge in [0.2, 0.25) is 0 Å². The fourth-order valence-electron chi connectivity index (χ4n) is 2.10. The van der Waals surface area contributed by atoms with Crippen LogP contribution in [0.4, 0.5) is 0 Å². The molecule has 2 aromatic carbocycles. The number of nitrogens with one attached hydrogen (secondary N) is 1. The molecule has 0 aromatic heterocycles. The van der Waals surface area contributed by atoms with Crippen molar-refractivity contribution < 1.29 is 18.9 Å². The smallest absolute Gasteiger partial charge is 0.335 e. The van der Waals surface area contributed by atoms with Gasteiger partial charge in [-0.2, -0.15) is 0 Å². The number of rotatable bonds is 6. The first kappa shape index (κ1) is 16.9. The summed E-state index contributed by atoms with van der Waals surface area (Å²) >= 11 is 1.08. The Labute approximate surface area is 138 Å². The SMILES string of the molecule is CSOc1cc(C(=O)O)cc(C(=O)N[C@H](C)c2ccccc2)c1. The van der Waals surface area contributed by atoms with Crippen molar-refractivity contribution in [3.05, 3.63) is 65.2 Å². The Kier molecular flexibility index (Phi) is 5.65. The van der Waals surface area contributed by atoms with Gasteiger partial charge in [0.15, 0.2) is 0 Å². The Hall–Kier alpha value is -2.47. The molecule has 0 bridgehead atoms. The van der Waals surface area contributed by atoms with Crippen molar-refractivity contribution in [3.8, 4) is 5.75 Å². The largest absolute Gasteiger partial charge is 0.478 e. The van der Waals surface area contributed by atoms with Crippen molar-refractivity contribution in [2.75, 3.05) is 6.26 Å². The van der Waals surface area contributed by atoms with Crippen molar-refractivity contribution in [1.82, 2.24) is 5.32 Å². The highest BCUT2D eigenvalue weighted by Gasteiger charge is 2.15. The highest BCUT2D eigenvalue weighted by atomic mass is 32.2. The molecule has 1 atom stereocenters. The first-order valence-corrected chi connectivity index (χ1v) is 8.11. The lowest BCUT2D eigenvalue weighted by atomic mass is 10.1. The zero-order valence-electron chi connectivity index (χ0n) is 12.8. The minimum absolute atomic E-state index is 0.00839. The van der Waals surface area contributed by atoms with Crippen LogP contribution in [0.3, 0.4) is 0 Å². The Morgan fingerprint density at radius 1 is 1.13 bits per heavy atom. The van der Waals surface area contributed by atoms with E-state index < -0.39 is 5.97 Å². The second-order valence-corrected chi connectivity index (χ2v) is 5.41. The van der Waals surface area contributed by atoms with Gasteiger partial charge < -0.3 is 14.6 Å². The summed E-state index contributed by atoms with van der Waals surface area (Å²) < 4.78 is 5.25. The topological polar surface area (TPSA) is 75.6 Å². The van der Waals surface area contributed by atoms with E-state index in [0.717, 1.165) is 17.6 Å². The van der Waals surface area contributed by atoms with Crippen molar-refractivity contribution >= 4 is 23.9 Å². The molecule has 0 spiro atoms. The fraction of sp³-hybridized carbons (Fsp3) is 0.176. The number of benzene rings is 2. The van der Waals surface area contributed by atoms with Gasteiger partial charge in [0, 0.05) is 11.8 Å². The molecule has 0 heterocycles. The van der Waals surface area contributed by atoms with E-state index in [9.17, 15) is 9.59 Å². The van der Waals surface area contributed by atoms with Gasteiger partial charge in [0.05, 0.1) is 23.6 Å². The van der Waals surface area contributed by atoms with E-state index in [0.29, 0.717) is 5.75 Å². The van der Waals surface area contributed by atoms with Gasteiger partial charge in [-0.15, -0.1) is 0 Å². The minimum Gasteiger partial charge on any atom is -0.478 e. The molecular weight excluding hydrogens is 314 g/mol. The average molecular weight is 331 g/mol. The van der Waals surface area contributed by atoms with Gasteiger partial charge in [-0.25, -0.2) is 4.79 Å². The normalized spacial score (nSPS) is 11.6. The lowest BCUT2D eigenvalue weighted by Gasteiger charge is -2.15. The molecule has 0 unspecified atom stereocenters. The third-order valence-electron chi connectivity index (χ3n) is 3.24. The van der Waals surface area contributed by atoms with E-state index in [1.165, 1.54) is 18.2 Å². The fourth-order valence-corrected chi connectivity index (χ4v) is 2.39. The van der Waals surface area contributed by atoms with Crippen LogP contribution in [0, 0.1) is 0 Å². The molecule has 0 aliphatic carbocycles. The molecule has 2 N–H and O–H groups in total. The third kappa shape index (κ3) is 4.50. The van der Waals surface area contributed by atoms with E-state index in [-0.39, 0.29) is 23.1 Å². The van der Waals surface area contributed by atoms with Crippen LogP contribution in [-0.4, -0.2) is 23.2 Å². The molecule has 0 saturated carbocycles. The van der Waals surface area contributed by atoms with Crippen LogP contribution in [0.15, 0.2) is 48.5 Å². The summed E-state index contributed by atoms with van der Waals surface area (Å²) in [5, 5.41) is 12.0. The predicted molar refractivity (Wildman–Crippen MR) is 89.9 cm³/mol. The summed E-state index contributed by atoms with van der Waals surface area (Å²) in [6, 6.07) is 13.6. The van der Waals surface area contributed by atoms with Crippen LogP contribution in [0.25, 0.3) is 0 Å². The van der Waals surface area contributed by atoms with Crippen LogP contribution >= 0.6 is 12.0 Å². The number of hydrogen-bond acceptors (Lipinski definition) is 4. The molecular formula is C17H17NO4S. The second kappa shape index (κ2) is 7.69.